The Balaban J connectivity index is 2.78. The highest BCUT2D eigenvalue weighted by Gasteiger charge is 2.05. The van der Waals surface area contributed by atoms with Crippen LogP contribution in [-0.4, -0.2) is 38.0 Å². The maximum atomic E-state index is 10.8. The lowest BCUT2D eigenvalue weighted by molar-refractivity contribution is 0.171. The number of carbonyl (C=O) groups is 1. The molecule has 0 saturated carbocycles. The minimum atomic E-state index is -0.622. The first-order valence-electron chi connectivity index (χ1n) is 6.03. The molecule has 1 aromatic carbocycles. The van der Waals surface area contributed by atoms with Crippen molar-refractivity contribution < 1.29 is 19.0 Å². The van der Waals surface area contributed by atoms with Gasteiger partial charge in [-0.1, -0.05) is 15.9 Å². The van der Waals surface area contributed by atoms with Crippen LogP contribution in [0.3, 0.4) is 0 Å². The van der Waals surface area contributed by atoms with E-state index in [4.69, 9.17) is 9.47 Å². The Morgan fingerprint density at radius 2 is 2.20 bits per heavy atom. The number of nitrogens with zero attached hydrogens (tertiary/aromatic N) is 1. The van der Waals surface area contributed by atoms with Gasteiger partial charge in [-0.3, -0.25) is 0 Å². The first-order valence-corrected chi connectivity index (χ1v) is 7.16. The van der Waals surface area contributed by atoms with Crippen LogP contribution in [0.4, 0.5) is 4.79 Å². The molecule has 1 N–H and O–H groups in total. The van der Waals surface area contributed by atoms with E-state index in [0.29, 0.717) is 24.7 Å². The zero-order valence-corrected chi connectivity index (χ0v) is 13.0. The Hall–Kier alpha value is -1.76. The molecule has 6 nitrogen and oxygen atoms in total. The second-order valence-electron chi connectivity index (χ2n) is 3.54. The Bertz CT molecular complexity index is 466. The summed E-state index contributed by atoms with van der Waals surface area (Å²) in [6.45, 7) is 2.98. The Morgan fingerprint density at radius 1 is 1.40 bits per heavy atom. The molecule has 1 aromatic rings. The summed E-state index contributed by atoms with van der Waals surface area (Å²) >= 11 is 3.30. The molecule has 0 fully saturated rings. The van der Waals surface area contributed by atoms with E-state index in [1.54, 1.807) is 12.1 Å². The van der Waals surface area contributed by atoms with Gasteiger partial charge < -0.3 is 14.2 Å². The maximum absolute atomic E-state index is 10.8. The first-order chi connectivity index (χ1) is 9.71. The largest absolute Gasteiger partial charge is 0.490 e. The molecule has 0 bridgehead atoms. The predicted octanol–water partition coefficient (Wildman–Crippen LogP) is 2.55. The van der Waals surface area contributed by atoms with Crippen LogP contribution in [0.5, 0.6) is 11.5 Å². The fourth-order valence-corrected chi connectivity index (χ4v) is 1.51. The lowest BCUT2D eigenvalue weighted by Crippen LogP contribution is -2.16. The van der Waals surface area contributed by atoms with E-state index < -0.39 is 6.09 Å². The van der Waals surface area contributed by atoms with Crippen molar-refractivity contribution in [1.29, 1.82) is 0 Å². The first kappa shape index (κ1) is 16.3. The zero-order valence-electron chi connectivity index (χ0n) is 11.4. The number of amides is 1. The van der Waals surface area contributed by atoms with Gasteiger partial charge in [0.2, 0.25) is 0 Å². The summed E-state index contributed by atoms with van der Waals surface area (Å²) in [7, 11) is 1.27. The van der Waals surface area contributed by atoms with E-state index in [-0.39, 0.29) is 0 Å². The lowest BCUT2D eigenvalue weighted by atomic mass is 10.2. The van der Waals surface area contributed by atoms with Crippen LogP contribution < -0.4 is 14.9 Å². The molecule has 0 saturated heterocycles. The number of hydrogen-bond acceptors (Lipinski definition) is 5. The summed E-state index contributed by atoms with van der Waals surface area (Å²) in [6, 6.07) is 5.40. The third-order valence-electron chi connectivity index (χ3n) is 2.16. The number of benzene rings is 1. The van der Waals surface area contributed by atoms with E-state index in [1.165, 1.54) is 13.3 Å². The van der Waals surface area contributed by atoms with Gasteiger partial charge in [-0.05, 0) is 30.7 Å². The smallest absolute Gasteiger partial charge is 0.427 e. The van der Waals surface area contributed by atoms with Gasteiger partial charge in [-0.25, -0.2) is 10.2 Å². The summed E-state index contributed by atoms with van der Waals surface area (Å²) in [5.41, 5.74) is 2.99. The second-order valence-corrected chi connectivity index (χ2v) is 4.33. The molecule has 0 spiro atoms. The standard InChI is InChI=1S/C13H17BrN2O4/c1-3-19-12-8-10(9-15-16-13(17)18-2)4-5-11(12)20-7-6-14/h4-5,8-9H,3,6-7H2,1-2H3,(H,16,17). The summed E-state index contributed by atoms with van der Waals surface area (Å²) < 4.78 is 15.5. The molecule has 20 heavy (non-hydrogen) atoms. The van der Waals surface area contributed by atoms with Crippen molar-refractivity contribution in [3.05, 3.63) is 23.8 Å². The molecule has 0 heterocycles. The number of rotatable bonds is 7. The highest BCUT2D eigenvalue weighted by atomic mass is 79.9. The van der Waals surface area contributed by atoms with E-state index in [2.05, 4.69) is 31.2 Å². The molecule has 0 aliphatic rings. The summed E-state index contributed by atoms with van der Waals surface area (Å²) in [6.07, 6.45) is 0.872. The molecule has 0 aromatic heterocycles. The van der Waals surface area contributed by atoms with Crippen LogP contribution in [0.15, 0.2) is 23.3 Å². The molecular weight excluding hydrogens is 328 g/mol. The van der Waals surface area contributed by atoms with Crippen molar-refractivity contribution in [2.75, 3.05) is 25.7 Å². The predicted molar refractivity (Wildman–Crippen MR) is 80.0 cm³/mol. The van der Waals surface area contributed by atoms with Gasteiger partial charge in [-0.15, -0.1) is 0 Å². The van der Waals surface area contributed by atoms with Gasteiger partial charge in [0.25, 0.3) is 0 Å². The summed E-state index contributed by atoms with van der Waals surface area (Å²) in [5.74, 6) is 1.31. The number of hydrogen-bond donors (Lipinski definition) is 1. The number of halogens is 1. The zero-order chi connectivity index (χ0) is 14.8. The molecule has 0 aliphatic heterocycles. The molecule has 0 atom stereocenters. The van der Waals surface area contributed by atoms with E-state index in [9.17, 15) is 4.79 Å². The van der Waals surface area contributed by atoms with Crippen LogP contribution in [0.25, 0.3) is 0 Å². The molecule has 110 valence electrons. The Morgan fingerprint density at radius 3 is 2.85 bits per heavy atom. The van der Waals surface area contributed by atoms with E-state index >= 15 is 0 Å². The molecule has 7 heteroatoms. The van der Waals surface area contributed by atoms with Gasteiger partial charge in [0.15, 0.2) is 11.5 Å². The fourth-order valence-electron chi connectivity index (χ4n) is 1.35. The molecule has 1 amide bonds. The lowest BCUT2D eigenvalue weighted by Gasteiger charge is -2.11. The van der Waals surface area contributed by atoms with Crippen molar-refractivity contribution in [1.82, 2.24) is 5.43 Å². The average molecular weight is 345 g/mol. The molecule has 1 rings (SSSR count). The Labute approximate surface area is 126 Å². The van der Waals surface area contributed by atoms with Gasteiger partial charge in [-0.2, -0.15) is 5.10 Å². The third-order valence-corrected chi connectivity index (χ3v) is 2.48. The molecule has 0 radical (unpaired) electrons. The van der Waals surface area contributed by atoms with Crippen LogP contribution in [0.2, 0.25) is 0 Å². The minimum absolute atomic E-state index is 0.533. The number of ether oxygens (including phenoxy) is 3. The van der Waals surface area contributed by atoms with Crippen molar-refractivity contribution in [3.8, 4) is 11.5 Å². The monoisotopic (exact) mass is 344 g/mol. The SMILES string of the molecule is CCOc1cc(C=NNC(=O)OC)ccc1OCCBr. The fraction of sp³-hybridized carbons (Fsp3) is 0.385. The molecule has 0 aliphatic carbocycles. The van der Waals surface area contributed by atoms with Crippen molar-refractivity contribution in [2.45, 2.75) is 6.92 Å². The third kappa shape index (κ3) is 5.48. The second kappa shape index (κ2) is 9.19. The van der Waals surface area contributed by atoms with Crippen molar-refractivity contribution in [3.63, 3.8) is 0 Å². The Kier molecular flexibility index (Phi) is 7.49. The van der Waals surface area contributed by atoms with E-state index in [1.807, 2.05) is 13.0 Å². The number of alkyl halides is 1. The summed E-state index contributed by atoms with van der Waals surface area (Å²) in [5, 5.41) is 4.49. The van der Waals surface area contributed by atoms with Crippen molar-refractivity contribution >= 4 is 28.2 Å². The normalized spacial score (nSPS) is 10.3. The number of methoxy groups -OCH3 is 1. The molecule has 0 unspecified atom stereocenters. The topological polar surface area (TPSA) is 69.2 Å². The van der Waals surface area contributed by atoms with E-state index in [0.717, 1.165) is 10.9 Å². The van der Waals surface area contributed by atoms with Crippen molar-refractivity contribution in [2.24, 2.45) is 5.10 Å². The highest BCUT2D eigenvalue weighted by molar-refractivity contribution is 9.09. The highest BCUT2D eigenvalue weighted by Crippen LogP contribution is 2.28. The number of hydrazone groups is 1. The minimum Gasteiger partial charge on any atom is -0.490 e. The summed E-state index contributed by atoms with van der Waals surface area (Å²) in [4.78, 5) is 10.8. The average Bonchev–Trinajstić information content (AvgIpc) is 2.46. The van der Waals surface area contributed by atoms with Crippen LogP contribution >= 0.6 is 15.9 Å². The molecular formula is C13H17BrN2O4. The maximum Gasteiger partial charge on any atom is 0.427 e. The van der Waals surface area contributed by atoms with Gasteiger partial charge in [0.1, 0.15) is 0 Å². The number of nitrogens with one attached hydrogen (secondary N) is 1. The van der Waals surface area contributed by atoms with Crippen LogP contribution in [-0.2, 0) is 4.74 Å². The van der Waals surface area contributed by atoms with Gasteiger partial charge in [0, 0.05) is 5.33 Å². The van der Waals surface area contributed by atoms with Crippen LogP contribution in [0, 0.1) is 0 Å². The quantitative estimate of drug-likeness (QED) is 0.468. The number of carbonyl (C=O) groups excluding carboxylic acids is 1. The van der Waals surface area contributed by atoms with Gasteiger partial charge in [0.05, 0.1) is 26.5 Å². The van der Waals surface area contributed by atoms with Crippen LogP contribution in [0.1, 0.15) is 12.5 Å². The van der Waals surface area contributed by atoms with Gasteiger partial charge >= 0.3 is 6.09 Å².